The molecule has 30 heavy (non-hydrogen) atoms. The minimum absolute atomic E-state index is 0.250. The number of carbonyl (C=O) groups excluding carboxylic acids is 1. The van der Waals surface area contributed by atoms with Crippen LogP contribution in [0.2, 0.25) is 0 Å². The molecule has 0 unspecified atom stereocenters. The molecular formula is C23H22N4O2S. The zero-order valence-electron chi connectivity index (χ0n) is 16.8. The van der Waals surface area contributed by atoms with Crippen LogP contribution in [-0.4, -0.2) is 29.5 Å². The molecule has 0 atom stereocenters. The van der Waals surface area contributed by atoms with Gasteiger partial charge in [0, 0.05) is 31.9 Å². The number of thiazole rings is 1. The highest BCUT2D eigenvalue weighted by Crippen LogP contribution is 2.31. The van der Waals surface area contributed by atoms with Crippen molar-refractivity contribution in [1.82, 2.24) is 15.3 Å². The quantitative estimate of drug-likeness (QED) is 0.451. The molecule has 2 heterocycles. The van der Waals surface area contributed by atoms with Crippen LogP contribution in [0.3, 0.4) is 0 Å². The number of fused-ring (bicyclic) bond motifs is 1. The van der Waals surface area contributed by atoms with Crippen molar-refractivity contribution >= 4 is 32.6 Å². The number of anilines is 1. The summed E-state index contributed by atoms with van der Waals surface area (Å²) in [5.74, 6) is 0.996. The Hall–Kier alpha value is -3.45. The topological polar surface area (TPSA) is 76.1 Å². The van der Waals surface area contributed by atoms with Gasteiger partial charge in [0.25, 0.3) is 5.91 Å². The molecule has 0 aliphatic heterocycles. The van der Waals surface area contributed by atoms with Crippen molar-refractivity contribution in [3.05, 3.63) is 77.6 Å². The number of hydrogen-bond donors (Lipinski definition) is 2. The van der Waals surface area contributed by atoms with Crippen molar-refractivity contribution < 1.29 is 9.53 Å². The SMILES string of the molecule is CNC(=O)c1cc(Oc2ccc3nc(NCCc4ccccc4C)sc3c2)ccn1. The molecule has 0 spiro atoms. The lowest BCUT2D eigenvalue weighted by molar-refractivity contribution is 0.0958. The van der Waals surface area contributed by atoms with E-state index in [1.54, 1.807) is 36.7 Å². The molecular weight excluding hydrogens is 396 g/mol. The Bertz CT molecular complexity index is 1190. The first kappa shape index (κ1) is 19.8. The first-order chi connectivity index (χ1) is 14.6. The number of ether oxygens (including phenoxy) is 1. The fraction of sp³-hybridized carbons (Fsp3) is 0.174. The van der Waals surface area contributed by atoms with E-state index in [0.29, 0.717) is 17.2 Å². The summed E-state index contributed by atoms with van der Waals surface area (Å²) < 4.78 is 6.96. The zero-order chi connectivity index (χ0) is 20.9. The van der Waals surface area contributed by atoms with E-state index in [4.69, 9.17) is 4.74 Å². The van der Waals surface area contributed by atoms with Crippen LogP contribution in [0.4, 0.5) is 5.13 Å². The smallest absolute Gasteiger partial charge is 0.269 e. The van der Waals surface area contributed by atoms with Crippen LogP contribution in [0.5, 0.6) is 11.5 Å². The molecule has 1 amide bonds. The second kappa shape index (κ2) is 8.92. The summed E-state index contributed by atoms with van der Waals surface area (Å²) in [4.78, 5) is 20.5. The van der Waals surface area contributed by atoms with Crippen molar-refractivity contribution in [2.75, 3.05) is 18.9 Å². The minimum Gasteiger partial charge on any atom is -0.457 e. The highest BCUT2D eigenvalue weighted by molar-refractivity contribution is 7.22. The predicted octanol–water partition coefficient (Wildman–Crippen LogP) is 4.81. The molecule has 4 rings (SSSR count). The standard InChI is InChI=1S/C23H22N4O2S/c1-15-5-3-4-6-16(15)9-11-26-23-27-19-8-7-17(14-21(19)30-23)29-18-10-12-25-20(13-18)22(28)24-2/h3-8,10,12-14H,9,11H2,1-2H3,(H,24,28)(H,26,27). The van der Waals surface area contributed by atoms with Crippen LogP contribution >= 0.6 is 11.3 Å². The number of aryl methyl sites for hydroxylation is 1. The molecule has 2 N–H and O–H groups in total. The summed E-state index contributed by atoms with van der Waals surface area (Å²) in [7, 11) is 1.57. The van der Waals surface area contributed by atoms with Gasteiger partial charge in [-0.1, -0.05) is 35.6 Å². The van der Waals surface area contributed by atoms with E-state index in [9.17, 15) is 4.79 Å². The van der Waals surface area contributed by atoms with E-state index in [2.05, 4.69) is 51.8 Å². The van der Waals surface area contributed by atoms with E-state index in [-0.39, 0.29) is 5.91 Å². The van der Waals surface area contributed by atoms with Gasteiger partial charge in [0.15, 0.2) is 5.13 Å². The lowest BCUT2D eigenvalue weighted by Crippen LogP contribution is -2.18. The summed E-state index contributed by atoms with van der Waals surface area (Å²) in [5, 5.41) is 6.87. The van der Waals surface area contributed by atoms with Crippen molar-refractivity contribution in [3.63, 3.8) is 0 Å². The molecule has 0 radical (unpaired) electrons. The highest BCUT2D eigenvalue weighted by atomic mass is 32.1. The summed E-state index contributed by atoms with van der Waals surface area (Å²) in [6.45, 7) is 2.96. The maximum atomic E-state index is 11.7. The second-order valence-corrected chi connectivity index (χ2v) is 7.84. The minimum atomic E-state index is -0.250. The highest BCUT2D eigenvalue weighted by Gasteiger charge is 2.09. The number of nitrogens with zero attached hydrogens (tertiary/aromatic N) is 2. The van der Waals surface area contributed by atoms with Gasteiger partial charge in [0.1, 0.15) is 17.2 Å². The Balaban J connectivity index is 1.43. The van der Waals surface area contributed by atoms with Crippen molar-refractivity contribution in [2.45, 2.75) is 13.3 Å². The zero-order valence-corrected chi connectivity index (χ0v) is 17.6. The molecule has 2 aromatic carbocycles. The van der Waals surface area contributed by atoms with Crippen molar-refractivity contribution in [1.29, 1.82) is 0 Å². The van der Waals surface area contributed by atoms with Gasteiger partial charge in [-0.25, -0.2) is 4.98 Å². The fourth-order valence-corrected chi connectivity index (χ4v) is 4.02. The maximum Gasteiger partial charge on any atom is 0.269 e. The number of hydrogen-bond acceptors (Lipinski definition) is 6. The number of benzene rings is 2. The van der Waals surface area contributed by atoms with Gasteiger partial charge in [0.05, 0.1) is 10.2 Å². The van der Waals surface area contributed by atoms with Crippen molar-refractivity contribution in [2.24, 2.45) is 0 Å². The largest absolute Gasteiger partial charge is 0.457 e. The predicted molar refractivity (Wildman–Crippen MR) is 121 cm³/mol. The third kappa shape index (κ3) is 4.58. The van der Waals surface area contributed by atoms with Crippen molar-refractivity contribution in [3.8, 4) is 11.5 Å². The molecule has 0 aliphatic rings. The fourth-order valence-electron chi connectivity index (χ4n) is 3.10. The molecule has 0 aliphatic carbocycles. The van der Waals surface area contributed by atoms with Gasteiger partial charge in [-0.05, 0) is 42.7 Å². The van der Waals surface area contributed by atoms with E-state index >= 15 is 0 Å². The normalized spacial score (nSPS) is 10.7. The lowest BCUT2D eigenvalue weighted by atomic mass is 10.1. The van der Waals surface area contributed by atoms with Gasteiger partial charge >= 0.3 is 0 Å². The van der Waals surface area contributed by atoms with Crippen LogP contribution in [-0.2, 0) is 6.42 Å². The van der Waals surface area contributed by atoms with Gasteiger partial charge in [0.2, 0.25) is 0 Å². The van der Waals surface area contributed by atoms with Crippen LogP contribution in [0.1, 0.15) is 21.6 Å². The second-order valence-electron chi connectivity index (χ2n) is 6.81. The van der Waals surface area contributed by atoms with Gasteiger partial charge in [-0.15, -0.1) is 0 Å². The average molecular weight is 419 g/mol. The van der Waals surface area contributed by atoms with Crippen LogP contribution in [0.15, 0.2) is 60.8 Å². The van der Waals surface area contributed by atoms with Gasteiger partial charge in [-0.3, -0.25) is 9.78 Å². The Labute approximate surface area is 179 Å². The molecule has 2 aromatic heterocycles. The molecule has 0 saturated carbocycles. The molecule has 6 nitrogen and oxygen atoms in total. The Morgan fingerprint density at radius 3 is 2.77 bits per heavy atom. The van der Waals surface area contributed by atoms with E-state index in [0.717, 1.165) is 28.3 Å². The average Bonchev–Trinajstić information content (AvgIpc) is 3.17. The van der Waals surface area contributed by atoms with Gasteiger partial charge < -0.3 is 15.4 Å². The Morgan fingerprint density at radius 2 is 1.93 bits per heavy atom. The molecule has 0 fully saturated rings. The molecule has 152 valence electrons. The Morgan fingerprint density at radius 1 is 1.10 bits per heavy atom. The first-order valence-electron chi connectivity index (χ1n) is 9.67. The maximum absolute atomic E-state index is 11.7. The number of amides is 1. The molecule has 4 aromatic rings. The summed E-state index contributed by atoms with van der Waals surface area (Å²) in [6.07, 6.45) is 2.51. The van der Waals surface area contributed by atoms with E-state index in [1.165, 1.54) is 11.1 Å². The third-order valence-electron chi connectivity index (χ3n) is 4.72. The molecule has 7 heteroatoms. The summed E-state index contributed by atoms with van der Waals surface area (Å²) >= 11 is 1.59. The van der Waals surface area contributed by atoms with Crippen LogP contribution < -0.4 is 15.4 Å². The first-order valence-corrected chi connectivity index (χ1v) is 10.5. The molecule has 0 saturated heterocycles. The molecule has 0 bridgehead atoms. The number of rotatable bonds is 7. The van der Waals surface area contributed by atoms with Crippen LogP contribution in [0.25, 0.3) is 10.2 Å². The monoisotopic (exact) mass is 418 g/mol. The lowest BCUT2D eigenvalue weighted by Gasteiger charge is -2.06. The summed E-state index contributed by atoms with van der Waals surface area (Å²) in [5.41, 5.74) is 3.89. The Kier molecular flexibility index (Phi) is 5.90. The summed E-state index contributed by atoms with van der Waals surface area (Å²) in [6, 6.07) is 17.5. The number of nitrogens with one attached hydrogen (secondary N) is 2. The van der Waals surface area contributed by atoms with E-state index in [1.807, 2.05) is 18.2 Å². The van der Waals surface area contributed by atoms with Gasteiger partial charge in [-0.2, -0.15) is 0 Å². The number of carbonyl (C=O) groups is 1. The van der Waals surface area contributed by atoms with E-state index < -0.39 is 0 Å². The van der Waals surface area contributed by atoms with Crippen LogP contribution in [0, 0.1) is 6.92 Å². The number of aromatic nitrogens is 2. The third-order valence-corrected chi connectivity index (χ3v) is 5.69. The number of pyridine rings is 1.